The first kappa shape index (κ1) is 19.2. The minimum absolute atomic E-state index is 0.308. The summed E-state index contributed by atoms with van der Waals surface area (Å²) < 4.78 is 13.8. The van der Waals surface area contributed by atoms with E-state index in [2.05, 4.69) is 22.2 Å². The van der Waals surface area contributed by atoms with E-state index in [9.17, 15) is 0 Å². The first-order chi connectivity index (χ1) is 12.8. The van der Waals surface area contributed by atoms with Gasteiger partial charge in [0.1, 0.15) is 0 Å². The molecule has 0 saturated carbocycles. The molecule has 0 spiro atoms. The lowest BCUT2D eigenvalue weighted by Gasteiger charge is -2.35. The first-order valence-electron chi connectivity index (χ1n) is 10.1. The van der Waals surface area contributed by atoms with E-state index in [1.54, 1.807) is 6.20 Å². The lowest BCUT2D eigenvalue weighted by atomic mass is 10.1. The molecule has 26 heavy (non-hydrogen) atoms. The minimum Gasteiger partial charge on any atom is -0.376 e. The van der Waals surface area contributed by atoms with Gasteiger partial charge in [-0.05, 0) is 45.1 Å². The number of nitrogens with one attached hydrogen (secondary N) is 1. The molecule has 1 unspecified atom stereocenters. The fourth-order valence-electron chi connectivity index (χ4n) is 3.53. The van der Waals surface area contributed by atoms with Crippen LogP contribution in [0.5, 0.6) is 0 Å². The van der Waals surface area contributed by atoms with Crippen molar-refractivity contribution < 1.29 is 9.47 Å². The molecule has 3 heterocycles. The van der Waals surface area contributed by atoms with Crippen molar-refractivity contribution in [3.8, 4) is 0 Å². The minimum atomic E-state index is 0.308. The Morgan fingerprint density at radius 2 is 2.19 bits per heavy atom. The Morgan fingerprint density at radius 3 is 2.88 bits per heavy atom. The van der Waals surface area contributed by atoms with Gasteiger partial charge in [0, 0.05) is 38.6 Å². The van der Waals surface area contributed by atoms with Gasteiger partial charge in [0.15, 0.2) is 5.96 Å². The third-order valence-corrected chi connectivity index (χ3v) is 5.02. The molecule has 7 nitrogen and oxygen atoms in total. The van der Waals surface area contributed by atoms with Gasteiger partial charge in [0.25, 0.3) is 0 Å². The van der Waals surface area contributed by atoms with Crippen LogP contribution in [0.15, 0.2) is 23.5 Å². The molecule has 2 aliphatic rings. The van der Waals surface area contributed by atoms with E-state index in [0.717, 1.165) is 71.2 Å². The van der Waals surface area contributed by atoms with Crippen LogP contribution < -0.4 is 5.32 Å². The molecule has 0 aromatic carbocycles. The zero-order valence-corrected chi connectivity index (χ0v) is 16.0. The molecular formula is C19H33N5O2. The van der Waals surface area contributed by atoms with Gasteiger partial charge in [-0.1, -0.05) is 0 Å². The summed E-state index contributed by atoms with van der Waals surface area (Å²) in [4.78, 5) is 7.12. The summed E-state index contributed by atoms with van der Waals surface area (Å²) in [5.41, 5.74) is 0. The molecule has 2 aliphatic heterocycles. The van der Waals surface area contributed by atoms with Crippen LogP contribution in [-0.4, -0.2) is 72.2 Å². The van der Waals surface area contributed by atoms with Crippen LogP contribution >= 0.6 is 0 Å². The number of rotatable bonds is 7. The van der Waals surface area contributed by atoms with Crippen LogP contribution in [0, 0.1) is 0 Å². The standard InChI is InChI=1S/C19H33N5O2/c1-2-20-19(21-10-14-24-11-5-9-22-24)23-12-7-17(8-13-23)26-16-18-6-3-4-15-25-18/h5,9,11,17-18H,2-4,6-8,10,12-16H2,1H3,(H,20,21). The van der Waals surface area contributed by atoms with Gasteiger partial charge in [-0.15, -0.1) is 0 Å². The summed E-state index contributed by atoms with van der Waals surface area (Å²) in [6.07, 6.45) is 10.2. The highest BCUT2D eigenvalue weighted by molar-refractivity contribution is 5.80. The summed E-state index contributed by atoms with van der Waals surface area (Å²) in [5.74, 6) is 1.01. The lowest BCUT2D eigenvalue weighted by molar-refractivity contribution is -0.0721. The van der Waals surface area contributed by atoms with Gasteiger partial charge in [0.2, 0.25) is 0 Å². The van der Waals surface area contributed by atoms with Gasteiger partial charge in [-0.2, -0.15) is 5.10 Å². The maximum Gasteiger partial charge on any atom is 0.193 e. The summed E-state index contributed by atoms with van der Waals surface area (Å²) in [7, 11) is 0. The number of guanidine groups is 1. The monoisotopic (exact) mass is 363 g/mol. The highest BCUT2D eigenvalue weighted by Gasteiger charge is 2.23. The summed E-state index contributed by atoms with van der Waals surface area (Å²) in [6, 6.07) is 1.94. The maximum atomic E-state index is 6.12. The second-order valence-corrected chi connectivity index (χ2v) is 7.01. The Kier molecular flexibility index (Phi) is 7.76. The van der Waals surface area contributed by atoms with Gasteiger partial charge in [-0.25, -0.2) is 0 Å². The molecule has 3 rings (SSSR count). The van der Waals surface area contributed by atoms with Crippen molar-refractivity contribution in [2.24, 2.45) is 4.99 Å². The maximum absolute atomic E-state index is 6.12. The molecule has 0 radical (unpaired) electrons. The van der Waals surface area contributed by atoms with Gasteiger partial charge in [-0.3, -0.25) is 9.67 Å². The van der Waals surface area contributed by atoms with Crippen molar-refractivity contribution in [2.45, 2.75) is 57.8 Å². The van der Waals surface area contributed by atoms with Crippen LogP contribution in [-0.2, 0) is 16.0 Å². The van der Waals surface area contributed by atoms with E-state index in [1.165, 1.54) is 12.8 Å². The van der Waals surface area contributed by atoms with E-state index in [4.69, 9.17) is 14.5 Å². The van der Waals surface area contributed by atoms with E-state index in [-0.39, 0.29) is 0 Å². The first-order valence-corrected chi connectivity index (χ1v) is 10.1. The number of ether oxygens (including phenoxy) is 2. The van der Waals surface area contributed by atoms with Crippen LogP contribution in [0.2, 0.25) is 0 Å². The largest absolute Gasteiger partial charge is 0.376 e. The third kappa shape index (κ3) is 5.99. The fourth-order valence-corrected chi connectivity index (χ4v) is 3.53. The normalized spacial score (nSPS) is 22.6. The van der Waals surface area contributed by atoms with Crippen molar-refractivity contribution in [3.63, 3.8) is 0 Å². The molecule has 146 valence electrons. The average Bonchev–Trinajstić information content (AvgIpc) is 3.20. The topological polar surface area (TPSA) is 63.9 Å². The third-order valence-electron chi connectivity index (χ3n) is 5.02. The van der Waals surface area contributed by atoms with Crippen molar-refractivity contribution >= 4 is 5.96 Å². The molecule has 7 heteroatoms. The predicted octanol–water partition coefficient (Wildman–Crippen LogP) is 1.90. The summed E-state index contributed by atoms with van der Waals surface area (Å²) >= 11 is 0. The Labute approximate surface area is 156 Å². The molecule has 0 amide bonds. The second kappa shape index (κ2) is 10.5. The summed E-state index contributed by atoms with van der Waals surface area (Å²) in [5, 5.41) is 7.64. The molecule has 0 bridgehead atoms. The van der Waals surface area contributed by atoms with Crippen LogP contribution in [0.4, 0.5) is 0 Å². The Bertz CT molecular complexity index is 520. The molecule has 0 aliphatic carbocycles. The van der Waals surface area contributed by atoms with E-state index in [0.29, 0.717) is 12.2 Å². The SMILES string of the molecule is CCNC(=NCCn1cccn1)N1CCC(OCC2CCCCO2)CC1. The molecule has 2 fully saturated rings. The number of hydrogen-bond acceptors (Lipinski definition) is 4. The molecule has 1 aromatic heterocycles. The number of piperidine rings is 1. The Hall–Kier alpha value is -1.60. The molecule has 1 atom stereocenters. The zero-order chi connectivity index (χ0) is 18.0. The zero-order valence-electron chi connectivity index (χ0n) is 16.0. The van der Waals surface area contributed by atoms with Crippen molar-refractivity contribution in [2.75, 3.05) is 39.4 Å². The Morgan fingerprint density at radius 1 is 1.31 bits per heavy atom. The predicted molar refractivity (Wildman–Crippen MR) is 102 cm³/mol. The van der Waals surface area contributed by atoms with E-state index in [1.807, 2.05) is 16.9 Å². The average molecular weight is 364 g/mol. The van der Waals surface area contributed by atoms with E-state index < -0.39 is 0 Å². The highest BCUT2D eigenvalue weighted by Crippen LogP contribution is 2.18. The number of nitrogens with zero attached hydrogens (tertiary/aromatic N) is 4. The molecule has 2 saturated heterocycles. The van der Waals surface area contributed by atoms with Gasteiger partial charge >= 0.3 is 0 Å². The molecule has 1 aromatic rings. The second-order valence-electron chi connectivity index (χ2n) is 7.01. The highest BCUT2D eigenvalue weighted by atomic mass is 16.5. The van der Waals surface area contributed by atoms with E-state index >= 15 is 0 Å². The quantitative estimate of drug-likeness (QED) is 0.592. The Balaban J connectivity index is 1.40. The van der Waals surface area contributed by atoms with Crippen molar-refractivity contribution in [1.82, 2.24) is 20.0 Å². The van der Waals surface area contributed by atoms with Crippen LogP contribution in [0.1, 0.15) is 39.0 Å². The van der Waals surface area contributed by atoms with Gasteiger partial charge < -0.3 is 19.7 Å². The van der Waals surface area contributed by atoms with Crippen molar-refractivity contribution in [3.05, 3.63) is 18.5 Å². The molecule has 1 N–H and O–H groups in total. The van der Waals surface area contributed by atoms with Gasteiger partial charge in [0.05, 0.1) is 31.9 Å². The van der Waals surface area contributed by atoms with Crippen LogP contribution in [0.25, 0.3) is 0 Å². The fraction of sp³-hybridized carbons (Fsp3) is 0.789. The van der Waals surface area contributed by atoms with Crippen LogP contribution in [0.3, 0.4) is 0 Å². The number of aliphatic imine (C=N–C) groups is 1. The molecular weight excluding hydrogens is 330 g/mol. The number of aromatic nitrogens is 2. The van der Waals surface area contributed by atoms with Crippen molar-refractivity contribution in [1.29, 1.82) is 0 Å². The number of likely N-dealkylation sites (tertiary alicyclic amines) is 1. The smallest absolute Gasteiger partial charge is 0.193 e. The summed E-state index contributed by atoms with van der Waals surface area (Å²) in [6.45, 7) is 8.17. The number of hydrogen-bond donors (Lipinski definition) is 1. The lowest BCUT2D eigenvalue weighted by Crippen LogP contribution is -2.47.